The minimum Gasteiger partial charge on any atom is -0.505 e. The summed E-state index contributed by atoms with van der Waals surface area (Å²) < 4.78 is 0. The van der Waals surface area contributed by atoms with Crippen molar-refractivity contribution < 1.29 is 15.0 Å². The average Bonchev–Trinajstić information content (AvgIpc) is 3.18. The summed E-state index contributed by atoms with van der Waals surface area (Å²) in [5.41, 5.74) is 3.69. The number of pyridine rings is 1. The molecule has 0 bridgehead atoms. The van der Waals surface area contributed by atoms with Gasteiger partial charge in [-0.3, -0.25) is 9.78 Å². The molecule has 1 fully saturated rings. The molecule has 1 amide bonds. The van der Waals surface area contributed by atoms with E-state index in [0.717, 1.165) is 12.8 Å². The number of rotatable bonds is 4. The smallest absolute Gasteiger partial charge is 0.243 e. The number of hydrogen-bond donors (Lipinski definition) is 3. The molecule has 0 unspecified atom stereocenters. The van der Waals surface area contributed by atoms with E-state index in [1.807, 2.05) is 0 Å². The Balaban J connectivity index is 2.13. The van der Waals surface area contributed by atoms with Crippen LogP contribution in [0.3, 0.4) is 0 Å². The third-order valence-corrected chi connectivity index (χ3v) is 2.84. The molecule has 2 rings (SSSR count). The van der Waals surface area contributed by atoms with Crippen molar-refractivity contribution in [3.8, 4) is 5.75 Å². The molecule has 0 aromatic carbocycles. The quantitative estimate of drug-likeness (QED) is 0.533. The largest absolute Gasteiger partial charge is 0.505 e. The van der Waals surface area contributed by atoms with Crippen LogP contribution in [0.5, 0.6) is 5.75 Å². The predicted molar refractivity (Wildman–Crippen MR) is 65.0 cm³/mol. The highest BCUT2D eigenvalue weighted by Crippen LogP contribution is 2.28. The molecule has 6 heteroatoms. The lowest BCUT2D eigenvalue weighted by Gasteiger charge is -2.06. The summed E-state index contributed by atoms with van der Waals surface area (Å²) in [5.74, 6) is -0.0692. The minimum atomic E-state index is -0.251. The molecule has 6 nitrogen and oxygen atoms in total. The Morgan fingerprint density at radius 1 is 1.67 bits per heavy atom. The number of aromatic hydroxyl groups is 1. The first-order chi connectivity index (χ1) is 8.63. The number of aliphatic hydroxyl groups is 1. The summed E-state index contributed by atoms with van der Waals surface area (Å²) in [6, 6.07) is 0. The van der Waals surface area contributed by atoms with Crippen LogP contribution in [-0.4, -0.2) is 27.3 Å². The van der Waals surface area contributed by atoms with Crippen LogP contribution in [0.1, 0.15) is 29.7 Å². The molecule has 0 aliphatic heterocycles. The van der Waals surface area contributed by atoms with Gasteiger partial charge in [0.15, 0.2) is 0 Å². The third-order valence-electron chi connectivity index (χ3n) is 2.84. The summed E-state index contributed by atoms with van der Waals surface area (Å²) in [7, 11) is 0. The fourth-order valence-electron chi connectivity index (χ4n) is 1.52. The van der Waals surface area contributed by atoms with E-state index >= 15 is 0 Å². The van der Waals surface area contributed by atoms with Gasteiger partial charge in [-0.1, -0.05) is 0 Å². The van der Waals surface area contributed by atoms with Crippen molar-refractivity contribution in [3.63, 3.8) is 0 Å². The van der Waals surface area contributed by atoms with Gasteiger partial charge in [0, 0.05) is 23.2 Å². The van der Waals surface area contributed by atoms with Gasteiger partial charge >= 0.3 is 0 Å². The lowest BCUT2D eigenvalue weighted by Crippen LogP contribution is -2.19. The van der Waals surface area contributed by atoms with E-state index in [0.29, 0.717) is 16.8 Å². The van der Waals surface area contributed by atoms with E-state index in [4.69, 9.17) is 5.11 Å². The number of nitrogens with one attached hydrogen (secondary N) is 1. The standard InChI is InChI=1S/C12H15N3O3/c1-7-11(17)10(9(6-16)4-13-7)5-14-15-12(18)8-2-3-8/h4-5,8,16-17H,2-3,6H2,1H3,(H,15,18)/b14-5-. The molecule has 0 radical (unpaired) electrons. The van der Waals surface area contributed by atoms with Crippen molar-refractivity contribution in [2.75, 3.05) is 0 Å². The Morgan fingerprint density at radius 2 is 2.39 bits per heavy atom. The number of nitrogens with zero attached hydrogens (tertiary/aromatic N) is 2. The first-order valence-electron chi connectivity index (χ1n) is 5.74. The number of amides is 1. The van der Waals surface area contributed by atoms with Gasteiger partial charge in [0.2, 0.25) is 5.91 Å². The zero-order chi connectivity index (χ0) is 13.1. The Hall–Kier alpha value is -1.95. The molecule has 0 spiro atoms. The summed E-state index contributed by atoms with van der Waals surface area (Å²) in [6.07, 6.45) is 4.61. The van der Waals surface area contributed by atoms with Gasteiger partial charge in [0.05, 0.1) is 18.5 Å². The van der Waals surface area contributed by atoms with Gasteiger partial charge in [-0.25, -0.2) is 5.43 Å². The van der Waals surface area contributed by atoms with Crippen LogP contribution in [0.15, 0.2) is 11.3 Å². The zero-order valence-corrected chi connectivity index (χ0v) is 10.1. The number of aromatic nitrogens is 1. The monoisotopic (exact) mass is 249 g/mol. The number of hydrogen-bond acceptors (Lipinski definition) is 5. The highest BCUT2D eigenvalue weighted by atomic mass is 16.3. The fourth-order valence-corrected chi connectivity index (χ4v) is 1.52. The summed E-state index contributed by atoms with van der Waals surface area (Å²) >= 11 is 0. The third kappa shape index (κ3) is 2.65. The average molecular weight is 249 g/mol. The second-order valence-electron chi connectivity index (χ2n) is 4.30. The fraction of sp³-hybridized carbons (Fsp3) is 0.417. The number of aryl methyl sites for hydroxylation is 1. The Morgan fingerprint density at radius 3 is 3.00 bits per heavy atom. The van der Waals surface area contributed by atoms with Crippen molar-refractivity contribution in [1.82, 2.24) is 10.4 Å². The molecule has 1 aliphatic carbocycles. The van der Waals surface area contributed by atoms with Gasteiger partial charge in [-0.05, 0) is 19.8 Å². The van der Waals surface area contributed by atoms with E-state index < -0.39 is 0 Å². The molecule has 0 atom stereocenters. The first-order valence-corrected chi connectivity index (χ1v) is 5.74. The van der Waals surface area contributed by atoms with E-state index in [9.17, 15) is 9.90 Å². The van der Waals surface area contributed by atoms with Crippen molar-refractivity contribution in [2.24, 2.45) is 11.0 Å². The molecule has 3 N–H and O–H groups in total. The van der Waals surface area contributed by atoms with Crippen LogP contribution in [0.25, 0.3) is 0 Å². The molecular weight excluding hydrogens is 234 g/mol. The Kier molecular flexibility index (Phi) is 3.57. The molecule has 1 heterocycles. The van der Waals surface area contributed by atoms with Crippen LogP contribution in [0.4, 0.5) is 0 Å². The maximum absolute atomic E-state index is 11.4. The van der Waals surface area contributed by atoms with Gasteiger partial charge in [0.1, 0.15) is 5.75 Å². The summed E-state index contributed by atoms with van der Waals surface area (Å²) in [6.45, 7) is 1.40. The molecule has 96 valence electrons. The molecular formula is C12H15N3O3. The van der Waals surface area contributed by atoms with Crippen LogP contribution in [0, 0.1) is 12.8 Å². The van der Waals surface area contributed by atoms with E-state index in [1.54, 1.807) is 6.92 Å². The SMILES string of the molecule is Cc1ncc(CO)c(/C=N\NC(=O)C2CC2)c1O. The Bertz CT molecular complexity index is 496. The maximum atomic E-state index is 11.4. The normalized spacial score (nSPS) is 15.0. The van der Waals surface area contributed by atoms with Crippen LogP contribution in [0.2, 0.25) is 0 Å². The van der Waals surface area contributed by atoms with E-state index in [-0.39, 0.29) is 24.2 Å². The van der Waals surface area contributed by atoms with Crippen LogP contribution in [-0.2, 0) is 11.4 Å². The van der Waals surface area contributed by atoms with E-state index in [1.165, 1.54) is 12.4 Å². The zero-order valence-electron chi connectivity index (χ0n) is 10.1. The predicted octanol–water partition coefficient (Wildman–Crippen LogP) is 0.448. The summed E-state index contributed by atoms with van der Waals surface area (Å²) in [4.78, 5) is 15.3. The molecule has 1 aromatic rings. The van der Waals surface area contributed by atoms with Gasteiger partial charge in [-0.2, -0.15) is 5.10 Å². The lowest BCUT2D eigenvalue weighted by molar-refractivity contribution is -0.122. The first kappa shape index (κ1) is 12.5. The molecule has 0 saturated heterocycles. The number of aliphatic hydroxyl groups excluding tert-OH is 1. The van der Waals surface area contributed by atoms with Crippen molar-refractivity contribution in [1.29, 1.82) is 0 Å². The van der Waals surface area contributed by atoms with Gasteiger partial charge in [0.25, 0.3) is 0 Å². The molecule has 18 heavy (non-hydrogen) atoms. The number of carbonyl (C=O) groups excluding carboxylic acids is 1. The second-order valence-corrected chi connectivity index (χ2v) is 4.30. The second kappa shape index (κ2) is 5.14. The van der Waals surface area contributed by atoms with E-state index in [2.05, 4.69) is 15.5 Å². The number of hydrazone groups is 1. The molecule has 1 aliphatic rings. The van der Waals surface area contributed by atoms with Crippen LogP contribution < -0.4 is 5.43 Å². The lowest BCUT2D eigenvalue weighted by atomic mass is 10.1. The maximum Gasteiger partial charge on any atom is 0.243 e. The highest BCUT2D eigenvalue weighted by molar-refractivity contribution is 5.87. The molecule has 1 aromatic heterocycles. The van der Waals surface area contributed by atoms with Gasteiger partial charge < -0.3 is 10.2 Å². The number of carbonyl (C=O) groups is 1. The summed E-state index contributed by atoms with van der Waals surface area (Å²) in [5, 5.41) is 22.7. The highest BCUT2D eigenvalue weighted by Gasteiger charge is 2.29. The molecule has 1 saturated carbocycles. The van der Waals surface area contributed by atoms with Crippen LogP contribution >= 0.6 is 0 Å². The topological polar surface area (TPSA) is 94.8 Å². The Labute approximate surface area is 104 Å². The minimum absolute atomic E-state index is 0.0361. The van der Waals surface area contributed by atoms with Crippen molar-refractivity contribution in [2.45, 2.75) is 26.4 Å². The van der Waals surface area contributed by atoms with Gasteiger partial charge in [-0.15, -0.1) is 0 Å². The van der Waals surface area contributed by atoms with Crippen molar-refractivity contribution >= 4 is 12.1 Å². The van der Waals surface area contributed by atoms with Crippen molar-refractivity contribution in [3.05, 3.63) is 23.0 Å².